The van der Waals surface area contributed by atoms with Crippen molar-refractivity contribution in [1.29, 1.82) is 0 Å². The van der Waals surface area contributed by atoms with Gasteiger partial charge in [-0.2, -0.15) is 0 Å². The average molecular weight is 435 g/mol. The van der Waals surface area contributed by atoms with Gasteiger partial charge in [-0.25, -0.2) is 18.4 Å². The van der Waals surface area contributed by atoms with Crippen LogP contribution in [0, 0.1) is 0 Å². The van der Waals surface area contributed by atoms with Gasteiger partial charge in [-0.1, -0.05) is 25.1 Å². The standard InChI is InChI=1S/C24H26N4O2S/c1-2-31(29,30)21-8-4-6-17-10-12-20(24(17)21)28-23-14-22(25-15-26-23)27-19-11-9-16-5-3-7-18(16)13-19/h4,6,8-9,11,13-15,20H,2-3,5,7,10,12H2,1H3,(H2,25,26,27,28). The van der Waals surface area contributed by atoms with Gasteiger partial charge in [0.25, 0.3) is 0 Å². The Hall–Kier alpha value is -2.93. The molecular weight excluding hydrogens is 408 g/mol. The molecule has 2 N–H and O–H groups in total. The number of nitrogens with one attached hydrogen (secondary N) is 2. The van der Waals surface area contributed by atoms with Gasteiger partial charge in [0, 0.05) is 11.8 Å². The van der Waals surface area contributed by atoms with Crippen LogP contribution in [0.15, 0.2) is 53.7 Å². The topological polar surface area (TPSA) is 84.0 Å². The molecule has 0 fully saturated rings. The third kappa shape index (κ3) is 3.90. The number of benzene rings is 2. The molecule has 2 aromatic carbocycles. The molecule has 160 valence electrons. The fourth-order valence-electron chi connectivity index (χ4n) is 4.70. The van der Waals surface area contributed by atoms with Gasteiger partial charge < -0.3 is 10.6 Å². The van der Waals surface area contributed by atoms with Crippen molar-refractivity contribution in [2.24, 2.45) is 0 Å². The van der Waals surface area contributed by atoms with Crippen molar-refractivity contribution in [2.75, 3.05) is 16.4 Å². The number of rotatable bonds is 6. The van der Waals surface area contributed by atoms with Gasteiger partial charge in [-0.15, -0.1) is 0 Å². The third-order valence-corrected chi connectivity index (χ3v) is 8.07. The molecule has 0 saturated heterocycles. The largest absolute Gasteiger partial charge is 0.363 e. The number of aryl methyl sites for hydroxylation is 3. The smallest absolute Gasteiger partial charge is 0.178 e. The minimum absolute atomic E-state index is 0.0877. The first-order valence-electron chi connectivity index (χ1n) is 10.9. The van der Waals surface area contributed by atoms with Crippen molar-refractivity contribution in [3.63, 3.8) is 0 Å². The van der Waals surface area contributed by atoms with Crippen LogP contribution in [0.25, 0.3) is 0 Å². The van der Waals surface area contributed by atoms with Crippen LogP contribution in [-0.2, 0) is 29.1 Å². The first-order chi connectivity index (χ1) is 15.0. The molecule has 0 aliphatic heterocycles. The first-order valence-corrected chi connectivity index (χ1v) is 12.5. The molecule has 0 radical (unpaired) electrons. The molecule has 7 heteroatoms. The fraction of sp³-hybridized carbons (Fsp3) is 0.333. The van der Waals surface area contributed by atoms with Crippen molar-refractivity contribution in [2.45, 2.75) is 50.0 Å². The van der Waals surface area contributed by atoms with Crippen LogP contribution in [0.4, 0.5) is 17.3 Å². The lowest BCUT2D eigenvalue weighted by Gasteiger charge is -2.18. The van der Waals surface area contributed by atoms with Gasteiger partial charge in [0.1, 0.15) is 18.0 Å². The van der Waals surface area contributed by atoms with E-state index in [4.69, 9.17) is 0 Å². The lowest BCUT2D eigenvalue weighted by atomic mass is 10.1. The third-order valence-electron chi connectivity index (χ3n) is 6.28. The van der Waals surface area contributed by atoms with Crippen molar-refractivity contribution in [3.8, 4) is 0 Å². The highest BCUT2D eigenvalue weighted by Crippen LogP contribution is 2.38. The maximum Gasteiger partial charge on any atom is 0.178 e. The average Bonchev–Trinajstić information content (AvgIpc) is 3.40. The minimum atomic E-state index is -3.29. The maximum absolute atomic E-state index is 12.6. The number of hydrogen-bond acceptors (Lipinski definition) is 6. The summed E-state index contributed by atoms with van der Waals surface area (Å²) in [6.07, 6.45) is 6.73. The van der Waals surface area contributed by atoms with E-state index in [1.807, 2.05) is 18.2 Å². The molecule has 1 heterocycles. The van der Waals surface area contributed by atoms with Crippen molar-refractivity contribution in [1.82, 2.24) is 9.97 Å². The predicted octanol–water partition coefficient (Wildman–Crippen LogP) is 4.60. The molecule has 3 aromatic rings. The van der Waals surface area contributed by atoms with Crippen LogP contribution in [-0.4, -0.2) is 24.1 Å². The maximum atomic E-state index is 12.6. The number of fused-ring (bicyclic) bond motifs is 2. The first kappa shape index (κ1) is 20.0. The van der Waals surface area contributed by atoms with Crippen LogP contribution in [0.2, 0.25) is 0 Å². The number of sulfone groups is 1. The number of aromatic nitrogens is 2. The second kappa shape index (κ2) is 7.96. The van der Waals surface area contributed by atoms with Crippen LogP contribution in [0.1, 0.15) is 48.1 Å². The summed E-state index contributed by atoms with van der Waals surface area (Å²) in [5, 5.41) is 6.82. The lowest BCUT2D eigenvalue weighted by Crippen LogP contribution is -2.14. The zero-order valence-corrected chi connectivity index (χ0v) is 18.4. The molecule has 2 aliphatic rings. The van der Waals surface area contributed by atoms with E-state index in [1.54, 1.807) is 13.0 Å². The van der Waals surface area contributed by atoms with Crippen LogP contribution in [0.5, 0.6) is 0 Å². The van der Waals surface area contributed by atoms with E-state index in [0.717, 1.165) is 42.5 Å². The van der Waals surface area contributed by atoms with E-state index in [2.05, 4.69) is 38.8 Å². The summed E-state index contributed by atoms with van der Waals surface area (Å²) in [6, 6.07) is 13.9. The Balaban J connectivity index is 1.38. The quantitative estimate of drug-likeness (QED) is 0.590. The summed E-state index contributed by atoms with van der Waals surface area (Å²) in [5.74, 6) is 1.49. The van der Waals surface area contributed by atoms with Gasteiger partial charge in [-0.05, 0) is 72.6 Å². The summed E-state index contributed by atoms with van der Waals surface area (Å²) in [5.41, 5.74) is 5.85. The molecule has 1 aromatic heterocycles. The normalized spacial score (nSPS) is 17.3. The second-order valence-corrected chi connectivity index (χ2v) is 10.5. The monoisotopic (exact) mass is 434 g/mol. The summed E-state index contributed by atoms with van der Waals surface area (Å²) in [6.45, 7) is 1.69. The van der Waals surface area contributed by atoms with Gasteiger partial charge in [-0.3, -0.25) is 0 Å². The van der Waals surface area contributed by atoms with E-state index in [9.17, 15) is 8.42 Å². The highest BCUT2D eigenvalue weighted by molar-refractivity contribution is 7.91. The Labute approximate surface area is 183 Å². The molecule has 2 aliphatic carbocycles. The van der Waals surface area contributed by atoms with Gasteiger partial charge in [0.2, 0.25) is 0 Å². The number of nitrogens with zero attached hydrogens (tertiary/aromatic N) is 2. The second-order valence-electron chi connectivity index (χ2n) is 8.22. The highest BCUT2D eigenvalue weighted by Gasteiger charge is 2.30. The molecule has 1 atom stereocenters. The van der Waals surface area contributed by atoms with E-state index < -0.39 is 9.84 Å². The SMILES string of the molecule is CCS(=O)(=O)c1cccc2c1C(Nc1cc(Nc3ccc4c(c3)CCC4)ncn1)CC2. The summed E-state index contributed by atoms with van der Waals surface area (Å²) in [7, 11) is -3.29. The fourth-order valence-corrected chi connectivity index (χ4v) is 5.90. The van der Waals surface area contributed by atoms with E-state index in [-0.39, 0.29) is 11.8 Å². The molecule has 0 amide bonds. The van der Waals surface area contributed by atoms with Crippen LogP contribution in [0.3, 0.4) is 0 Å². The Bertz CT molecular complexity index is 1240. The number of anilines is 3. The van der Waals surface area contributed by atoms with E-state index in [1.165, 1.54) is 23.9 Å². The predicted molar refractivity (Wildman–Crippen MR) is 123 cm³/mol. The molecule has 31 heavy (non-hydrogen) atoms. The van der Waals surface area contributed by atoms with E-state index >= 15 is 0 Å². The van der Waals surface area contributed by atoms with E-state index in [0.29, 0.717) is 16.5 Å². The molecule has 6 nitrogen and oxygen atoms in total. The van der Waals surface area contributed by atoms with Crippen LogP contribution >= 0.6 is 0 Å². The lowest BCUT2D eigenvalue weighted by molar-refractivity contribution is 0.595. The van der Waals surface area contributed by atoms with Gasteiger partial charge in [0.05, 0.1) is 16.7 Å². The molecular formula is C24H26N4O2S. The molecule has 1 unspecified atom stereocenters. The molecule has 0 saturated carbocycles. The Morgan fingerprint density at radius 2 is 1.81 bits per heavy atom. The van der Waals surface area contributed by atoms with Crippen LogP contribution < -0.4 is 10.6 Å². The molecule has 5 rings (SSSR count). The van der Waals surface area contributed by atoms with Gasteiger partial charge >= 0.3 is 0 Å². The van der Waals surface area contributed by atoms with Gasteiger partial charge in [0.15, 0.2) is 9.84 Å². The zero-order chi connectivity index (χ0) is 21.4. The summed E-state index contributed by atoms with van der Waals surface area (Å²) >= 11 is 0. The Morgan fingerprint density at radius 1 is 0.968 bits per heavy atom. The molecule has 0 spiro atoms. The Morgan fingerprint density at radius 3 is 2.68 bits per heavy atom. The summed E-state index contributed by atoms with van der Waals surface area (Å²) in [4.78, 5) is 9.17. The summed E-state index contributed by atoms with van der Waals surface area (Å²) < 4.78 is 25.3. The minimum Gasteiger partial charge on any atom is -0.363 e. The molecule has 0 bridgehead atoms. The zero-order valence-electron chi connectivity index (χ0n) is 17.6. The van der Waals surface area contributed by atoms with Crippen molar-refractivity contribution in [3.05, 3.63) is 71.0 Å². The van der Waals surface area contributed by atoms with Crippen molar-refractivity contribution < 1.29 is 8.42 Å². The van der Waals surface area contributed by atoms with Crippen molar-refractivity contribution >= 4 is 27.2 Å². The number of hydrogen-bond donors (Lipinski definition) is 2. The Kier molecular flexibility index (Phi) is 5.14. The highest BCUT2D eigenvalue weighted by atomic mass is 32.2.